The van der Waals surface area contributed by atoms with Crippen molar-refractivity contribution in [2.45, 2.75) is 45.3 Å². The van der Waals surface area contributed by atoms with Crippen molar-refractivity contribution in [1.82, 2.24) is 19.8 Å². The van der Waals surface area contributed by atoms with Crippen molar-refractivity contribution >= 4 is 28.9 Å². The maximum absolute atomic E-state index is 12.6. The first kappa shape index (κ1) is 22.0. The van der Waals surface area contributed by atoms with E-state index >= 15 is 0 Å². The van der Waals surface area contributed by atoms with Crippen molar-refractivity contribution in [2.75, 3.05) is 11.9 Å². The molecule has 3 heterocycles. The maximum atomic E-state index is 12.6. The number of nitrogens with zero attached hydrogens (tertiary/aromatic N) is 3. The van der Waals surface area contributed by atoms with E-state index in [-0.39, 0.29) is 18.0 Å². The highest BCUT2D eigenvalue weighted by Crippen LogP contribution is 2.39. The quantitative estimate of drug-likeness (QED) is 0.511. The number of anilines is 1. The van der Waals surface area contributed by atoms with Crippen LogP contribution in [0.1, 0.15) is 55.2 Å². The topological polar surface area (TPSA) is 62.2 Å². The van der Waals surface area contributed by atoms with Gasteiger partial charge in [0.1, 0.15) is 0 Å². The predicted molar refractivity (Wildman–Crippen MR) is 131 cm³/mol. The standard InChI is InChI=1S/C25H29N5OS/c1-17(2)29-14-11-19(16-29)24-23(21-6-4-5-13-26-21)28-25(32)30(24)15-12-22(31)27-20-9-7-18(3)8-10-20/h4-11,13-14,16-17,23-24H,12,15H2,1-3H3,(H,27,31)(H,28,32)/t23-,24+/m0/s1. The summed E-state index contributed by atoms with van der Waals surface area (Å²) in [5.74, 6) is -0.0311. The highest BCUT2D eigenvalue weighted by atomic mass is 32.1. The third kappa shape index (κ3) is 4.83. The molecule has 2 aromatic heterocycles. The molecule has 1 fully saturated rings. The van der Waals surface area contributed by atoms with Gasteiger partial charge in [-0.15, -0.1) is 0 Å². The van der Waals surface area contributed by atoms with Crippen LogP contribution in [0, 0.1) is 6.92 Å². The second kappa shape index (κ2) is 9.53. The van der Waals surface area contributed by atoms with E-state index in [1.54, 1.807) is 6.20 Å². The molecule has 1 aliphatic rings. The number of nitrogens with one attached hydrogen (secondary N) is 2. The summed E-state index contributed by atoms with van der Waals surface area (Å²) in [6.45, 7) is 6.86. The summed E-state index contributed by atoms with van der Waals surface area (Å²) in [6.07, 6.45) is 6.40. The first-order valence-corrected chi connectivity index (χ1v) is 11.3. The molecule has 0 saturated carbocycles. The maximum Gasteiger partial charge on any atom is 0.226 e. The number of carbonyl (C=O) groups excluding carboxylic acids is 1. The normalized spacial score (nSPS) is 18.1. The van der Waals surface area contributed by atoms with E-state index in [2.05, 4.69) is 57.4 Å². The Hall–Kier alpha value is -3.19. The molecule has 166 valence electrons. The number of hydrogen-bond donors (Lipinski definition) is 2. The molecule has 4 rings (SSSR count). The molecule has 0 aliphatic carbocycles. The fourth-order valence-corrected chi connectivity index (χ4v) is 4.35. The highest BCUT2D eigenvalue weighted by molar-refractivity contribution is 7.80. The smallest absolute Gasteiger partial charge is 0.226 e. The van der Waals surface area contributed by atoms with E-state index in [0.29, 0.717) is 24.1 Å². The molecule has 2 atom stereocenters. The molecule has 0 unspecified atom stereocenters. The van der Waals surface area contributed by atoms with E-state index in [1.807, 2.05) is 49.4 Å². The van der Waals surface area contributed by atoms with Gasteiger partial charge >= 0.3 is 0 Å². The van der Waals surface area contributed by atoms with Crippen molar-refractivity contribution in [2.24, 2.45) is 0 Å². The van der Waals surface area contributed by atoms with Crippen LogP contribution in [-0.2, 0) is 4.79 Å². The second-order valence-corrected chi connectivity index (χ2v) is 8.86. The van der Waals surface area contributed by atoms with Gasteiger partial charge in [-0.25, -0.2) is 0 Å². The van der Waals surface area contributed by atoms with Crippen LogP contribution in [0.25, 0.3) is 0 Å². The average molecular weight is 448 g/mol. The fourth-order valence-electron chi connectivity index (χ4n) is 4.02. The first-order valence-electron chi connectivity index (χ1n) is 10.9. The highest BCUT2D eigenvalue weighted by Gasteiger charge is 2.40. The van der Waals surface area contributed by atoms with Gasteiger partial charge < -0.3 is 20.1 Å². The summed E-state index contributed by atoms with van der Waals surface area (Å²) >= 11 is 5.70. The third-order valence-corrected chi connectivity index (χ3v) is 6.14. The minimum atomic E-state index is -0.0770. The van der Waals surface area contributed by atoms with Crippen LogP contribution < -0.4 is 10.6 Å². The van der Waals surface area contributed by atoms with Gasteiger partial charge in [-0.3, -0.25) is 9.78 Å². The van der Waals surface area contributed by atoms with Gasteiger partial charge in [-0.2, -0.15) is 0 Å². The van der Waals surface area contributed by atoms with Crippen molar-refractivity contribution in [3.8, 4) is 0 Å². The van der Waals surface area contributed by atoms with Crippen LogP contribution >= 0.6 is 12.2 Å². The van der Waals surface area contributed by atoms with Crippen LogP contribution in [0.4, 0.5) is 5.69 Å². The lowest BCUT2D eigenvalue weighted by atomic mass is 9.99. The van der Waals surface area contributed by atoms with Gasteiger partial charge in [0.15, 0.2) is 5.11 Å². The molecular formula is C25H29N5OS. The number of benzene rings is 1. The van der Waals surface area contributed by atoms with E-state index in [1.165, 1.54) is 0 Å². The molecule has 3 aromatic rings. The van der Waals surface area contributed by atoms with Crippen LogP contribution in [0.5, 0.6) is 0 Å². The Morgan fingerprint density at radius 3 is 2.62 bits per heavy atom. The summed E-state index contributed by atoms with van der Waals surface area (Å²) in [4.78, 5) is 19.3. The number of thiocarbonyl (C=S) groups is 1. The van der Waals surface area contributed by atoms with E-state index in [9.17, 15) is 4.79 Å². The summed E-state index contributed by atoms with van der Waals surface area (Å²) in [5.41, 5.74) is 4.05. The minimum absolute atomic E-state index is 0.0311. The van der Waals surface area contributed by atoms with Gasteiger partial charge in [0.05, 0.1) is 17.8 Å². The van der Waals surface area contributed by atoms with Crippen molar-refractivity contribution in [3.05, 3.63) is 83.9 Å². The summed E-state index contributed by atoms with van der Waals surface area (Å²) in [7, 11) is 0. The number of pyridine rings is 1. The Morgan fingerprint density at radius 2 is 1.97 bits per heavy atom. The zero-order valence-corrected chi connectivity index (χ0v) is 19.5. The van der Waals surface area contributed by atoms with Gasteiger partial charge in [-0.05, 0) is 68.9 Å². The van der Waals surface area contributed by atoms with Gasteiger partial charge in [0.2, 0.25) is 5.91 Å². The molecular weight excluding hydrogens is 418 g/mol. The monoisotopic (exact) mass is 447 g/mol. The number of hydrogen-bond acceptors (Lipinski definition) is 3. The summed E-state index contributed by atoms with van der Waals surface area (Å²) < 4.78 is 2.19. The zero-order valence-electron chi connectivity index (χ0n) is 18.7. The molecule has 0 radical (unpaired) electrons. The lowest BCUT2D eigenvalue weighted by molar-refractivity contribution is -0.116. The van der Waals surface area contributed by atoms with Crippen LogP contribution in [0.15, 0.2) is 67.1 Å². The largest absolute Gasteiger partial charge is 0.352 e. The van der Waals surface area contributed by atoms with Gasteiger partial charge in [0, 0.05) is 43.3 Å². The molecule has 2 N–H and O–H groups in total. The van der Waals surface area contributed by atoms with Gasteiger partial charge in [-0.1, -0.05) is 23.8 Å². The number of aryl methyl sites for hydroxylation is 1. The number of aromatic nitrogens is 2. The first-order chi connectivity index (χ1) is 15.4. The molecule has 1 saturated heterocycles. The molecule has 0 spiro atoms. The number of amides is 1. The third-order valence-electron chi connectivity index (χ3n) is 5.79. The van der Waals surface area contributed by atoms with Crippen LogP contribution in [0.2, 0.25) is 0 Å². The van der Waals surface area contributed by atoms with Crippen molar-refractivity contribution in [3.63, 3.8) is 0 Å². The molecule has 7 heteroatoms. The summed E-state index contributed by atoms with van der Waals surface area (Å²) in [6, 6.07) is 16.1. The summed E-state index contributed by atoms with van der Waals surface area (Å²) in [5, 5.41) is 7.06. The van der Waals surface area contributed by atoms with Crippen molar-refractivity contribution in [1.29, 1.82) is 0 Å². The zero-order chi connectivity index (χ0) is 22.7. The lowest BCUT2D eigenvalue weighted by Gasteiger charge is -2.27. The molecule has 1 aliphatic heterocycles. The van der Waals surface area contributed by atoms with Crippen molar-refractivity contribution < 1.29 is 4.79 Å². The van der Waals surface area contributed by atoms with E-state index in [0.717, 1.165) is 22.5 Å². The number of carbonyl (C=O) groups is 1. The lowest BCUT2D eigenvalue weighted by Crippen LogP contribution is -2.32. The molecule has 0 bridgehead atoms. The predicted octanol–water partition coefficient (Wildman–Crippen LogP) is 4.77. The average Bonchev–Trinajstić information content (AvgIpc) is 3.39. The van der Waals surface area contributed by atoms with Gasteiger partial charge in [0.25, 0.3) is 0 Å². The molecule has 6 nitrogen and oxygen atoms in total. The Balaban J connectivity index is 1.53. The number of rotatable bonds is 7. The van der Waals surface area contributed by atoms with E-state index in [4.69, 9.17) is 12.2 Å². The Bertz CT molecular complexity index is 1080. The minimum Gasteiger partial charge on any atom is -0.352 e. The molecule has 32 heavy (non-hydrogen) atoms. The van der Waals surface area contributed by atoms with Crippen LogP contribution in [0.3, 0.4) is 0 Å². The Morgan fingerprint density at radius 1 is 1.19 bits per heavy atom. The van der Waals surface area contributed by atoms with E-state index < -0.39 is 0 Å². The second-order valence-electron chi connectivity index (χ2n) is 8.47. The van der Waals surface area contributed by atoms with Crippen LogP contribution in [-0.4, -0.2) is 32.0 Å². The molecule has 1 aromatic carbocycles. The Labute approximate surface area is 194 Å². The SMILES string of the molecule is Cc1ccc(NC(=O)CCN2C(=S)N[C@@H](c3ccccn3)[C@H]2c2ccn(C(C)C)c2)cc1. The fraction of sp³-hybridized carbons (Fsp3) is 0.320. The Kier molecular flexibility index (Phi) is 6.55. The molecule has 1 amide bonds.